The SMILES string of the molecule is COC(=O)[C@@H]1CCC[C@@H]2[C@@](C)(C[C@@H](O)C3=CC(=O)OC3)[C@H](C)C[C@H](O)[C@]21C. The van der Waals surface area contributed by atoms with Gasteiger partial charge in [-0.2, -0.15) is 0 Å². The number of carbonyl (C=O) groups excluding carboxylic acids is 2. The van der Waals surface area contributed by atoms with Crippen molar-refractivity contribution in [2.75, 3.05) is 13.7 Å². The molecule has 6 heteroatoms. The Kier molecular flexibility index (Phi) is 5.43. The van der Waals surface area contributed by atoms with Crippen LogP contribution in [0, 0.1) is 28.6 Å². The first-order valence-corrected chi connectivity index (χ1v) is 9.95. The molecule has 2 N–H and O–H groups in total. The van der Waals surface area contributed by atoms with Crippen molar-refractivity contribution < 1.29 is 29.3 Å². The Balaban J connectivity index is 1.93. The van der Waals surface area contributed by atoms with Gasteiger partial charge in [0.15, 0.2) is 0 Å². The number of hydrogen-bond donors (Lipinski definition) is 2. The first-order chi connectivity index (χ1) is 12.6. The molecule has 2 aliphatic carbocycles. The van der Waals surface area contributed by atoms with Gasteiger partial charge in [-0.15, -0.1) is 0 Å². The number of ether oxygens (including phenoxy) is 2. The minimum Gasteiger partial charge on any atom is -0.469 e. The molecule has 1 aliphatic heterocycles. The Hall–Kier alpha value is -1.40. The number of fused-ring (bicyclic) bond motifs is 1. The summed E-state index contributed by atoms with van der Waals surface area (Å²) in [5.41, 5.74) is -0.239. The number of rotatable bonds is 4. The molecule has 0 aromatic carbocycles. The van der Waals surface area contributed by atoms with Crippen LogP contribution < -0.4 is 0 Å². The molecule has 0 radical (unpaired) electrons. The lowest BCUT2D eigenvalue weighted by Gasteiger charge is -2.62. The Morgan fingerprint density at radius 2 is 2.11 bits per heavy atom. The van der Waals surface area contributed by atoms with Gasteiger partial charge in [-0.3, -0.25) is 4.79 Å². The largest absolute Gasteiger partial charge is 0.469 e. The average Bonchev–Trinajstić information content (AvgIpc) is 3.06. The van der Waals surface area contributed by atoms with Crippen molar-refractivity contribution in [1.29, 1.82) is 0 Å². The number of methoxy groups -OCH3 is 1. The number of cyclic esters (lactones) is 1. The zero-order chi connectivity index (χ0) is 20.0. The molecule has 0 aromatic heterocycles. The summed E-state index contributed by atoms with van der Waals surface area (Å²) in [4.78, 5) is 23.9. The van der Waals surface area contributed by atoms with Crippen LogP contribution in [0.2, 0.25) is 0 Å². The van der Waals surface area contributed by atoms with Gasteiger partial charge in [0, 0.05) is 17.1 Å². The van der Waals surface area contributed by atoms with Gasteiger partial charge in [0.2, 0.25) is 0 Å². The van der Waals surface area contributed by atoms with E-state index >= 15 is 0 Å². The van der Waals surface area contributed by atoms with Crippen molar-refractivity contribution in [3.63, 3.8) is 0 Å². The van der Waals surface area contributed by atoms with Crippen molar-refractivity contribution in [3.05, 3.63) is 11.6 Å². The molecule has 1 heterocycles. The van der Waals surface area contributed by atoms with Crippen LogP contribution >= 0.6 is 0 Å². The van der Waals surface area contributed by atoms with Crippen LogP contribution in [0.4, 0.5) is 0 Å². The van der Waals surface area contributed by atoms with Gasteiger partial charge in [0.05, 0.1) is 25.2 Å². The lowest BCUT2D eigenvalue weighted by atomic mass is 9.43. The molecule has 0 aromatic rings. The van der Waals surface area contributed by atoms with Crippen molar-refractivity contribution in [2.24, 2.45) is 28.6 Å². The van der Waals surface area contributed by atoms with Crippen LogP contribution in [0.1, 0.15) is 52.9 Å². The molecular weight excluding hydrogens is 348 g/mol. The van der Waals surface area contributed by atoms with E-state index in [0.29, 0.717) is 18.4 Å². The third kappa shape index (κ3) is 3.21. The predicted octanol–water partition coefficient (Wildman–Crippen LogP) is 2.22. The van der Waals surface area contributed by atoms with Crippen LogP contribution in [-0.2, 0) is 19.1 Å². The zero-order valence-electron chi connectivity index (χ0n) is 16.7. The van der Waals surface area contributed by atoms with Crippen molar-refractivity contribution in [1.82, 2.24) is 0 Å². The van der Waals surface area contributed by atoms with E-state index in [1.807, 2.05) is 6.92 Å². The highest BCUT2D eigenvalue weighted by molar-refractivity contribution is 5.85. The molecule has 7 atom stereocenters. The molecule has 0 spiro atoms. The zero-order valence-corrected chi connectivity index (χ0v) is 16.7. The summed E-state index contributed by atoms with van der Waals surface area (Å²) >= 11 is 0. The summed E-state index contributed by atoms with van der Waals surface area (Å²) in [6.07, 6.45) is 3.63. The lowest BCUT2D eigenvalue weighted by Crippen LogP contribution is -2.61. The Morgan fingerprint density at radius 3 is 2.70 bits per heavy atom. The van der Waals surface area contributed by atoms with Crippen molar-refractivity contribution in [3.8, 4) is 0 Å². The Morgan fingerprint density at radius 1 is 1.41 bits per heavy atom. The van der Waals surface area contributed by atoms with E-state index in [9.17, 15) is 19.8 Å². The maximum Gasteiger partial charge on any atom is 0.331 e. The fourth-order valence-electron chi connectivity index (χ4n) is 6.08. The van der Waals surface area contributed by atoms with Crippen molar-refractivity contribution in [2.45, 2.75) is 65.1 Å². The van der Waals surface area contributed by atoms with Gasteiger partial charge in [0.25, 0.3) is 0 Å². The second kappa shape index (κ2) is 7.21. The minimum atomic E-state index is -0.762. The van der Waals surface area contributed by atoms with Gasteiger partial charge in [-0.1, -0.05) is 27.2 Å². The standard InChI is InChI=1S/C21H32O6/c1-12-8-17(23)21(3)14(19(25)26-4)6-5-7-16(21)20(12,2)10-15(22)13-9-18(24)27-11-13/h9,12,14-17,22-23H,5-8,10-11H2,1-4H3/t12-,14+,15-,16-,17+,20+,21+/m1/s1. The smallest absolute Gasteiger partial charge is 0.331 e. The van der Waals surface area contributed by atoms with Crippen LogP contribution in [0.3, 0.4) is 0 Å². The van der Waals surface area contributed by atoms with E-state index < -0.39 is 23.6 Å². The molecule has 0 saturated heterocycles. The summed E-state index contributed by atoms with van der Waals surface area (Å²) in [6, 6.07) is 0. The molecule has 2 saturated carbocycles. The number of carbonyl (C=O) groups is 2. The molecule has 27 heavy (non-hydrogen) atoms. The summed E-state index contributed by atoms with van der Waals surface area (Å²) in [5.74, 6) is -0.744. The van der Waals surface area contributed by atoms with E-state index in [2.05, 4.69) is 13.8 Å². The van der Waals surface area contributed by atoms with Gasteiger partial charge in [-0.25, -0.2) is 4.79 Å². The first-order valence-electron chi connectivity index (χ1n) is 9.95. The van der Waals surface area contributed by atoms with Crippen molar-refractivity contribution >= 4 is 11.9 Å². The molecule has 3 aliphatic rings. The monoisotopic (exact) mass is 380 g/mol. The third-order valence-corrected chi connectivity index (χ3v) is 7.94. The van der Waals surface area contributed by atoms with Gasteiger partial charge < -0.3 is 19.7 Å². The van der Waals surface area contributed by atoms with Gasteiger partial charge in [-0.05, 0) is 42.9 Å². The molecule has 3 rings (SSSR count). The maximum atomic E-state index is 12.5. The topological polar surface area (TPSA) is 93.1 Å². The van der Waals surface area contributed by atoms with Gasteiger partial charge >= 0.3 is 11.9 Å². The second-order valence-electron chi connectivity index (χ2n) is 9.13. The van der Waals surface area contributed by atoms with E-state index in [1.54, 1.807) is 0 Å². The summed E-state index contributed by atoms with van der Waals surface area (Å²) in [7, 11) is 1.40. The van der Waals surface area contributed by atoms with Crippen LogP contribution in [-0.4, -0.2) is 48.1 Å². The molecular formula is C21H32O6. The maximum absolute atomic E-state index is 12.5. The Labute approximate surface area is 160 Å². The number of aliphatic hydroxyl groups excluding tert-OH is 2. The molecule has 0 amide bonds. The van der Waals surface area contributed by atoms with Crippen LogP contribution in [0.5, 0.6) is 0 Å². The van der Waals surface area contributed by atoms with E-state index in [-0.39, 0.29) is 35.7 Å². The highest BCUT2D eigenvalue weighted by Gasteiger charge is 2.62. The normalized spacial score (nSPS) is 42.7. The number of hydrogen-bond acceptors (Lipinski definition) is 6. The summed E-state index contributed by atoms with van der Waals surface area (Å²) < 4.78 is 10.0. The fraction of sp³-hybridized carbons (Fsp3) is 0.810. The minimum absolute atomic E-state index is 0.0786. The van der Waals surface area contributed by atoms with E-state index in [0.717, 1.165) is 19.3 Å². The second-order valence-corrected chi connectivity index (χ2v) is 9.13. The number of aliphatic hydroxyl groups is 2. The molecule has 0 unspecified atom stereocenters. The summed E-state index contributed by atoms with van der Waals surface area (Å²) in [6.45, 7) is 6.43. The third-order valence-electron chi connectivity index (χ3n) is 7.94. The highest BCUT2D eigenvalue weighted by atomic mass is 16.5. The quantitative estimate of drug-likeness (QED) is 0.727. The lowest BCUT2D eigenvalue weighted by molar-refractivity contribution is -0.199. The molecule has 2 fully saturated rings. The fourth-order valence-corrected chi connectivity index (χ4v) is 6.08. The molecule has 152 valence electrons. The first kappa shape index (κ1) is 20.3. The van der Waals surface area contributed by atoms with Crippen LogP contribution in [0.15, 0.2) is 11.6 Å². The molecule has 0 bridgehead atoms. The van der Waals surface area contributed by atoms with E-state index in [4.69, 9.17) is 9.47 Å². The Bertz CT molecular complexity index is 643. The number of esters is 2. The van der Waals surface area contributed by atoms with E-state index in [1.165, 1.54) is 13.2 Å². The summed E-state index contributed by atoms with van der Waals surface area (Å²) in [5, 5.41) is 21.8. The van der Waals surface area contributed by atoms with Gasteiger partial charge in [0.1, 0.15) is 6.61 Å². The molecule has 6 nitrogen and oxygen atoms in total. The highest BCUT2D eigenvalue weighted by Crippen LogP contribution is 2.63. The average molecular weight is 380 g/mol. The predicted molar refractivity (Wildman–Crippen MR) is 98.5 cm³/mol. The van der Waals surface area contributed by atoms with Crippen LogP contribution in [0.25, 0.3) is 0 Å².